The number of rotatable bonds is 9. The predicted molar refractivity (Wildman–Crippen MR) is 140 cm³/mol. The monoisotopic (exact) mass is 502 g/mol. The van der Waals surface area contributed by atoms with Crippen LogP contribution in [-0.2, 0) is 6.54 Å². The van der Waals surface area contributed by atoms with Crippen LogP contribution in [0.4, 0.5) is 0 Å². The second-order valence-electron chi connectivity index (χ2n) is 9.74. The van der Waals surface area contributed by atoms with Crippen LogP contribution in [-0.4, -0.2) is 98.0 Å². The third-order valence-electron chi connectivity index (χ3n) is 7.12. The van der Waals surface area contributed by atoms with Gasteiger partial charge in [0.1, 0.15) is 18.5 Å². The molecule has 33 heavy (non-hydrogen) atoms. The molecule has 0 bridgehead atoms. The normalized spacial score (nSPS) is 22.2. The molecule has 3 aliphatic heterocycles. The molecule has 0 amide bonds. The minimum absolute atomic E-state index is 0. The van der Waals surface area contributed by atoms with Crippen LogP contribution in [0.1, 0.15) is 37.7 Å². The molecule has 0 aliphatic carbocycles. The van der Waals surface area contributed by atoms with E-state index in [1.54, 1.807) is 0 Å². The van der Waals surface area contributed by atoms with Crippen molar-refractivity contribution in [3.8, 4) is 5.75 Å². The molecule has 190 valence electrons. The Labute approximate surface area is 212 Å². The molecule has 6 nitrogen and oxygen atoms in total. The molecule has 1 aromatic carbocycles. The first-order valence-corrected chi connectivity index (χ1v) is 12.5. The molecule has 0 radical (unpaired) electrons. The smallest absolute Gasteiger partial charge is 0.119 e. The highest BCUT2D eigenvalue weighted by atomic mass is 35.5. The number of likely N-dealkylation sites (tertiary alicyclic amines) is 2. The summed E-state index contributed by atoms with van der Waals surface area (Å²) in [5.74, 6) is 1.69. The third-order valence-corrected chi connectivity index (χ3v) is 7.12. The number of nitrogens with one attached hydrogen (secondary N) is 1. The standard InChI is InChI=1S/C25H42N4O2.2ClH/c30-24(20-28-14-8-23(9-15-28)19-27-12-2-1-3-13-27)21-31-25-6-4-22(5-7-25)18-29-16-10-26-11-17-29;;/h4-7,23-24,26,30H,1-3,8-21H2;2*1H. The van der Waals surface area contributed by atoms with Crippen molar-refractivity contribution in [1.82, 2.24) is 20.0 Å². The van der Waals surface area contributed by atoms with Gasteiger partial charge in [0.2, 0.25) is 0 Å². The van der Waals surface area contributed by atoms with E-state index in [2.05, 4.69) is 32.1 Å². The third kappa shape index (κ3) is 9.88. The topological polar surface area (TPSA) is 51.2 Å². The summed E-state index contributed by atoms with van der Waals surface area (Å²) in [7, 11) is 0. The SMILES string of the molecule is Cl.Cl.OC(COc1ccc(CN2CCNCC2)cc1)CN1CCC(CN2CCCCC2)CC1. The Balaban J connectivity index is 0.00000193. The molecule has 0 aromatic heterocycles. The van der Waals surface area contributed by atoms with Crippen molar-refractivity contribution in [2.75, 3.05) is 72.1 Å². The van der Waals surface area contributed by atoms with E-state index in [-0.39, 0.29) is 24.8 Å². The van der Waals surface area contributed by atoms with Crippen molar-refractivity contribution >= 4 is 24.8 Å². The highest BCUT2D eigenvalue weighted by molar-refractivity contribution is 5.85. The first kappa shape index (κ1) is 28.6. The lowest BCUT2D eigenvalue weighted by Crippen LogP contribution is -2.43. The number of piperazine rings is 1. The van der Waals surface area contributed by atoms with E-state index in [1.807, 2.05) is 12.1 Å². The van der Waals surface area contributed by atoms with Gasteiger partial charge in [-0.2, -0.15) is 0 Å². The van der Waals surface area contributed by atoms with Gasteiger partial charge in [0.05, 0.1) is 0 Å². The number of benzene rings is 1. The number of piperidine rings is 2. The van der Waals surface area contributed by atoms with Gasteiger partial charge in [0.15, 0.2) is 0 Å². The molecular weight excluding hydrogens is 459 g/mol. The first-order valence-electron chi connectivity index (χ1n) is 12.5. The largest absolute Gasteiger partial charge is 0.491 e. The fraction of sp³-hybridized carbons (Fsp3) is 0.760. The van der Waals surface area contributed by atoms with Crippen molar-refractivity contribution in [2.24, 2.45) is 5.92 Å². The molecule has 3 heterocycles. The van der Waals surface area contributed by atoms with Gasteiger partial charge in [0.25, 0.3) is 0 Å². The summed E-state index contributed by atoms with van der Waals surface area (Å²) in [5.41, 5.74) is 1.32. The molecule has 3 saturated heterocycles. The average Bonchev–Trinajstić information content (AvgIpc) is 2.81. The minimum Gasteiger partial charge on any atom is -0.491 e. The van der Waals surface area contributed by atoms with E-state index in [0.717, 1.165) is 64.0 Å². The maximum Gasteiger partial charge on any atom is 0.119 e. The zero-order valence-corrected chi connectivity index (χ0v) is 21.6. The van der Waals surface area contributed by atoms with Gasteiger partial charge in [-0.1, -0.05) is 18.6 Å². The Hall–Kier alpha value is -0.600. The van der Waals surface area contributed by atoms with E-state index in [4.69, 9.17) is 4.74 Å². The molecule has 3 fully saturated rings. The summed E-state index contributed by atoms with van der Waals surface area (Å²) >= 11 is 0. The number of aliphatic hydroxyl groups excluding tert-OH is 1. The molecule has 1 aromatic rings. The summed E-state index contributed by atoms with van der Waals surface area (Å²) in [5, 5.41) is 13.9. The van der Waals surface area contributed by atoms with Crippen molar-refractivity contribution in [3.05, 3.63) is 29.8 Å². The lowest BCUT2D eigenvalue weighted by molar-refractivity contribution is 0.0502. The molecule has 0 saturated carbocycles. The van der Waals surface area contributed by atoms with Crippen LogP contribution < -0.4 is 10.1 Å². The molecule has 0 spiro atoms. The first-order chi connectivity index (χ1) is 15.2. The minimum atomic E-state index is -0.431. The van der Waals surface area contributed by atoms with Crippen LogP contribution in [0.5, 0.6) is 5.75 Å². The van der Waals surface area contributed by atoms with Gasteiger partial charge in [-0.25, -0.2) is 0 Å². The summed E-state index contributed by atoms with van der Waals surface area (Å²) in [6.07, 6.45) is 6.26. The highest BCUT2D eigenvalue weighted by Gasteiger charge is 2.23. The van der Waals surface area contributed by atoms with Gasteiger partial charge in [0, 0.05) is 45.8 Å². The van der Waals surface area contributed by atoms with Crippen LogP contribution >= 0.6 is 24.8 Å². The van der Waals surface area contributed by atoms with Crippen molar-refractivity contribution in [1.29, 1.82) is 0 Å². The molecule has 8 heteroatoms. The molecule has 2 N–H and O–H groups in total. The Morgan fingerprint density at radius 3 is 2.18 bits per heavy atom. The molecule has 1 atom stereocenters. The quantitative estimate of drug-likeness (QED) is 0.541. The maximum atomic E-state index is 10.5. The Bertz CT molecular complexity index is 632. The molecular formula is C25H44Cl2N4O2. The number of β-amino-alcohol motifs (C(OH)–C–C–N with tert-alkyl or cyclic N) is 1. The number of aliphatic hydroxyl groups is 1. The van der Waals surface area contributed by atoms with Gasteiger partial charge >= 0.3 is 0 Å². The van der Waals surface area contributed by atoms with Gasteiger partial charge < -0.3 is 25.0 Å². The van der Waals surface area contributed by atoms with E-state index in [9.17, 15) is 5.11 Å². The average molecular weight is 504 g/mol. The summed E-state index contributed by atoms with van der Waals surface area (Å²) in [6, 6.07) is 8.38. The van der Waals surface area contributed by atoms with E-state index >= 15 is 0 Å². The molecule has 1 unspecified atom stereocenters. The zero-order valence-electron chi connectivity index (χ0n) is 20.0. The van der Waals surface area contributed by atoms with Crippen LogP contribution in [0.3, 0.4) is 0 Å². The second-order valence-corrected chi connectivity index (χ2v) is 9.74. The maximum absolute atomic E-state index is 10.5. The predicted octanol–water partition coefficient (Wildman–Crippen LogP) is 2.87. The molecule has 4 rings (SSSR count). The second kappa shape index (κ2) is 15.4. The van der Waals surface area contributed by atoms with E-state index in [0.29, 0.717) is 6.61 Å². The lowest BCUT2D eigenvalue weighted by atomic mass is 9.95. The van der Waals surface area contributed by atoms with Gasteiger partial charge in [-0.3, -0.25) is 4.90 Å². The van der Waals surface area contributed by atoms with E-state index < -0.39 is 6.10 Å². The van der Waals surface area contributed by atoms with Crippen molar-refractivity contribution in [2.45, 2.75) is 44.8 Å². The number of hydrogen-bond donors (Lipinski definition) is 2. The van der Waals surface area contributed by atoms with Crippen molar-refractivity contribution < 1.29 is 9.84 Å². The summed E-state index contributed by atoms with van der Waals surface area (Å²) < 4.78 is 5.87. The van der Waals surface area contributed by atoms with Crippen LogP contribution in [0.15, 0.2) is 24.3 Å². The van der Waals surface area contributed by atoms with Crippen LogP contribution in [0.25, 0.3) is 0 Å². The number of halogens is 2. The Morgan fingerprint density at radius 1 is 0.848 bits per heavy atom. The van der Waals surface area contributed by atoms with Gasteiger partial charge in [-0.15, -0.1) is 24.8 Å². The van der Waals surface area contributed by atoms with E-state index in [1.165, 1.54) is 57.3 Å². The fourth-order valence-corrected chi connectivity index (χ4v) is 5.22. The van der Waals surface area contributed by atoms with Crippen LogP contribution in [0.2, 0.25) is 0 Å². The summed E-state index contributed by atoms with van der Waals surface area (Å²) in [6.45, 7) is 12.6. The Morgan fingerprint density at radius 2 is 1.52 bits per heavy atom. The van der Waals surface area contributed by atoms with Crippen LogP contribution in [0, 0.1) is 5.92 Å². The number of ether oxygens (including phenoxy) is 1. The Kier molecular flexibility index (Phi) is 13.4. The van der Waals surface area contributed by atoms with Gasteiger partial charge in [-0.05, 0) is 75.5 Å². The number of hydrogen-bond acceptors (Lipinski definition) is 6. The number of nitrogens with zero attached hydrogens (tertiary/aromatic N) is 3. The highest BCUT2D eigenvalue weighted by Crippen LogP contribution is 2.21. The van der Waals surface area contributed by atoms with Crippen molar-refractivity contribution in [3.63, 3.8) is 0 Å². The molecule has 3 aliphatic rings. The summed E-state index contributed by atoms with van der Waals surface area (Å²) in [4.78, 5) is 7.56. The lowest BCUT2D eigenvalue weighted by Gasteiger charge is -2.36. The zero-order chi connectivity index (χ0) is 21.3. The fourth-order valence-electron chi connectivity index (χ4n) is 5.22.